The third-order valence-corrected chi connectivity index (χ3v) is 4.78. The topological polar surface area (TPSA) is 36.4 Å². The summed E-state index contributed by atoms with van der Waals surface area (Å²) in [6, 6.07) is 24.8. The van der Waals surface area contributed by atoms with Crippen LogP contribution in [0, 0.1) is 13.8 Å². The zero-order valence-electron chi connectivity index (χ0n) is 15.8. The Hall–Kier alpha value is -2.98. The Morgan fingerprint density at radius 1 is 0.815 bits per heavy atom. The van der Waals surface area contributed by atoms with Gasteiger partial charge in [-0.1, -0.05) is 66.7 Å². The smallest absolute Gasteiger partial charge is 0.191 e. The van der Waals surface area contributed by atoms with E-state index < -0.39 is 0 Å². The van der Waals surface area contributed by atoms with Crippen molar-refractivity contribution in [2.75, 3.05) is 5.32 Å². The molecule has 0 saturated heterocycles. The maximum absolute atomic E-state index is 5.36. The maximum atomic E-state index is 5.36. The Morgan fingerprint density at radius 2 is 1.48 bits per heavy atom. The molecule has 3 aromatic rings. The van der Waals surface area contributed by atoms with Crippen LogP contribution in [0.1, 0.15) is 23.6 Å². The molecule has 0 saturated carbocycles. The van der Waals surface area contributed by atoms with Gasteiger partial charge in [-0.3, -0.25) is 5.43 Å². The number of anilines is 1. The van der Waals surface area contributed by atoms with Crippen LogP contribution in [0.2, 0.25) is 0 Å². The first-order valence-electron chi connectivity index (χ1n) is 8.88. The summed E-state index contributed by atoms with van der Waals surface area (Å²) >= 11 is 5.36. The molecule has 3 rings (SSSR count). The van der Waals surface area contributed by atoms with Gasteiger partial charge in [-0.05, 0) is 66.9 Å². The Balaban J connectivity index is 1.65. The summed E-state index contributed by atoms with van der Waals surface area (Å²) in [6.07, 6.45) is 0. The van der Waals surface area contributed by atoms with Crippen LogP contribution >= 0.6 is 12.2 Å². The maximum Gasteiger partial charge on any atom is 0.191 e. The second-order valence-corrected chi connectivity index (χ2v) is 6.86. The summed E-state index contributed by atoms with van der Waals surface area (Å²) in [5.41, 5.74) is 10.6. The molecule has 0 atom stereocenters. The minimum Gasteiger partial charge on any atom is -0.331 e. The summed E-state index contributed by atoms with van der Waals surface area (Å²) in [6.45, 7) is 6.12. The Labute approximate surface area is 166 Å². The first-order chi connectivity index (χ1) is 13.0. The number of nitrogens with one attached hydrogen (secondary N) is 2. The third kappa shape index (κ3) is 4.80. The van der Waals surface area contributed by atoms with Crippen molar-refractivity contribution in [3.8, 4) is 11.1 Å². The number of hydrogen-bond donors (Lipinski definition) is 2. The number of aryl methyl sites for hydroxylation is 1. The molecule has 0 amide bonds. The van der Waals surface area contributed by atoms with Crippen molar-refractivity contribution in [1.29, 1.82) is 0 Å². The molecule has 3 nitrogen and oxygen atoms in total. The first-order valence-corrected chi connectivity index (χ1v) is 9.29. The molecule has 0 fully saturated rings. The summed E-state index contributed by atoms with van der Waals surface area (Å²) in [5.74, 6) is 0. The lowest BCUT2D eigenvalue weighted by Gasteiger charge is -2.12. The number of hydrazone groups is 1. The van der Waals surface area contributed by atoms with Gasteiger partial charge in [0.15, 0.2) is 5.11 Å². The van der Waals surface area contributed by atoms with E-state index in [4.69, 9.17) is 12.2 Å². The molecule has 0 spiro atoms. The average Bonchev–Trinajstić information content (AvgIpc) is 2.70. The molecular formula is C23H23N3S. The number of rotatable bonds is 4. The van der Waals surface area contributed by atoms with Gasteiger partial charge in [0.1, 0.15) is 0 Å². The summed E-state index contributed by atoms with van der Waals surface area (Å²) in [4.78, 5) is 0. The van der Waals surface area contributed by atoms with Crippen molar-refractivity contribution in [3.63, 3.8) is 0 Å². The lowest BCUT2D eigenvalue weighted by atomic mass is 10.0. The lowest BCUT2D eigenvalue weighted by molar-refractivity contribution is 1.04. The van der Waals surface area contributed by atoms with Gasteiger partial charge in [0.2, 0.25) is 0 Å². The summed E-state index contributed by atoms with van der Waals surface area (Å²) in [5, 5.41) is 8.09. The molecule has 27 heavy (non-hydrogen) atoms. The molecule has 0 aliphatic rings. The highest BCUT2D eigenvalue weighted by atomic mass is 32.1. The number of hydrogen-bond acceptors (Lipinski definition) is 2. The second-order valence-electron chi connectivity index (χ2n) is 6.45. The van der Waals surface area contributed by atoms with E-state index in [1.807, 2.05) is 37.3 Å². The predicted molar refractivity (Wildman–Crippen MR) is 119 cm³/mol. The molecule has 0 aliphatic heterocycles. The van der Waals surface area contributed by atoms with Crippen molar-refractivity contribution >= 4 is 28.7 Å². The zero-order valence-corrected chi connectivity index (χ0v) is 16.6. The van der Waals surface area contributed by atoms with Gasteiger partial charge in [0, 0.05) is 5.69 Å². The predicted octanol–water partition coefficient (Wildman–Crippen LogP) is 5.68. The highest BCUT2D eigenvalue weighted by Gasteiger charge is 2.04. The van der Waals surface area contributed by atoms with Gasteiger partial charge in [0.25, 0.3) is 0 Å². The van der Waals surface area contributed by atoms with Crippen LogP contribution < -0.4 is 10.7 Å². The van der Waals surface area contributed by atoms with Crippen LogP contribution in [-0.4, -0.2) is 10.8 Å². The second kappa shape index (κ2) is 8.60. The number of thiocarbonyl (C=S) groups is 1. The van der Waals surface area contributed by atoms with Crippen LogP contribution in [0.5, 0.6) is 0 Å². The van der Waals surface area contributed by atoms with Crippen molar-refractivity contribution in [1.82, 2.24) is 5.43 Å². The summed E-state index contributed by atoms with van der Waals surface area (Å²) < 4.78 is 0. The highest BCUT2D eigenvalue weighted by molar-refractivity contribution is 7.80. The van der Waals surface area contributed by atoms with E-state index in [0.717, 1.165) is 17.0 Å². The van der Waals surface area contributed by atoms with E-state index in [1.165, 1.54) is 22.3 Å². The Morgan fingerprint density at radius 3 is 2.19 bits per heavy atom. The zero-order chi connectivity index (χ0) is 19.2. The largest absolute Gasteiger partial charge is 0.331 e. The molecule has 0 heterocycles. The van der Waals surface area contributed by atoms with Crippen LogP contribution in [0.25, 0.3) is 11.1 Å². The van der Waals surface area contributed by atoms with E-state index in [2.05, 4.69) is 72.2 Å². The van der Waals surface area contributed by atoms with Crippen LogP contribution in [0.15, 0.2) is 77.9 Å². The fraction of sp³-hybridized carbons (Fsp3) is 0.130. The Bertz CT molecular complexity index is 961. The van der Waals surface area contributed by atoms with Crippen molar-refractivity contribution in [2.45, 2.75) is 20.8 Å². The molecule has 0 aromatic heterocycles. The van der Waals surface area contributed by atoms with E-state index >= 15 is 0 Å². The number of nitrogens with zero attached hydrogens (tertiary/aromatic N) is 1. The van der Waals surface area contributed by atoms with E-state index in [9.17, 15) is 0 Å². The molecule has 2 N–H and O–H groups in total. The standard InChI is InChI=1S/C23H23N3S/c1-16-8-7-11-22(17(16)2)24-23(27)26-25-18(3)19-12-14-21(15-13-19)20-9-5-4-6-10-20/h4-15H,1-3H3,(H2,24,26,27)/b25-18-. The number of benzene rings is 3. The average molecular weight is 374 g/mol. The van der Waals surface area contributed by atoms with Crippen LogP contribution in [0.4, 0.5) is 5.69 Å². The van der Waals surface area contributed by atoms with Crippen LogP contribution in [-0.2, 0) is 0 Å². The minimum absolute atomic E-state index is 0.476. The molecule has 3 aromatic carbocycles. The highest BCUT2D eigenvalue weighted by Crippen LogP contribution is 2.20. The first kappa shape index (κ1) is 18.8. The van der Waals surface area contributed by atoms with Gasteiger partial charge in [0.05, 0.1) is 5.71 Å². The van der Waals surface area contributed by atoms with E-state index in [-0.39, 0.29) is 0 Å². The molecule has 4 heteroatoms. The SMILES string of the molecule is C/C(=N/NC(=S)Nc1cccc(C)c1C)c1ccc(-c2ccccc2)cc1. The van der Waals surface area contributed by atoms with E-state index in [0.29, 0.717) is 5.11 Å². The van der Waals surface area contributed by atoms with Gasteiger partial charge in [-0.25, -0.2) is 0 Å². The molecule has 0 radical (unpaired) electrons. The Kier molecular flexibility index (Phi) is 5.99. The summed E-state index contributed by atoms with van der Waals surface area (Å²) in [7, 11) is 0. The molecule has 136 valence electrons. The van der Waals surface area contributed by atoms with Gasteiger partial charge >= 0.3 is 0 Å². The fourth-order valence-electron chi connectivity index (χ4n) is 2.77. The third-order valence-electron chi connectivity index (χ3n) is 4.59. The minimum atomic E-state index is 0.476. The molecule has 0 unspecified atom stereocenters. The van der Waals surface area contributed by atoms with Crippen molar-refractivity contribution in [2.24, 2.45) is 5.10 Å². The van der Waals surface area contributed by atoms with Crippen molar-refractivity contribution < 1.29 is 0 Å². The fourth-order valence-corrected chi connectivity index (χ4v) is 2.93. The molecule has 0 aliphatic carbocycles. The van der Waals surface area contributed by atoms with Gasteiger partial charge in [-0.15, -0.1) is 0 Å². The van der Waals surface area contributed by atoms with Crippen molar-refractivity contribution in [3.05, 3.63) is 89.5 Å². The quantitative estimate of drug-likeness (QED) is 0.351. The normalized spacial score (nSPS) is 11.1. The van der Waals surface area contributed by atoms with Gasteiger partial charge < -0.3 is 5.32 Å². The lowest BCUT2D eigenvalue weighted by Crippen LogP contribution is -2.25. The molecule has 0 bridgehead atoms. The van der Waals surface area contributed by atoms with E-state index in [1.54, 1.807) is 0 Å². The monoisotopic (exact) mass is 373 g/mol. The van der Waals surface area contributed by atoms with Gasteiger partial charge in [-0.2, -0.15) is 5.10 Å². The molecular weight excluding hydrogens is 350 g/mol. The van der Waals surface area contributed by atoms with Crippen LogP contribution in [0.3, 0.4) is 0 Å².